The van der Waals surface area contributed by atoms with Gasteiger partial charge >= 0.3 is 0 Å². The molecule has 0 saturated carbocycles. The molecule has 17 heavy (non-hydrogen) atoms. The van der Waals surface area contributed by atoms with Gasteiger partial charge in [-0.25, -0.2) is 0 Å². The lowest BCUT2D eigenvalue weighted by Crippen LogP contribution is -2.35. The van der Waals surface area contributed by atoms with Gasteiger partial charge in [0.25, 0.3) is 0 Å². The molecule has 0 aromatic heterocycles. The second-order valence-corrected chi connectivity index (χ2v) is 3.84. The predicted octanol–water partition coefficient (Wildman–Crippen LogP) is 1.26. The Balaban J connectivity index is 2.60. The normalized spacial score (nSPS) is 10.1. The zero-order valence-corrected chi connectivity index (χ0v) is 10.7. The van der Waals surface area contributed by atoms with E-state index >= 15 is 0 Å². The molecule has 0 bridgehead atoms. The molecule has 1 N–H and O–H groups in total. The highest BCUT2D eigenvalue weighted by atomic mass is 16.5. The average Bonchev–Trinajstić information content (AvgIpc) is 2.36. The third kappa shape index (κ3) is 4.07. The second-order valence-electron chi connectivity index (χ2n) is 3.84. The molecule has 0 aliphatic carbocycles. The summed E-state index contributed by atoms with van der Waals surface area (Å²) in [6.07, 6.45) is 0. The third-order valence-electron chi connectivity index (χ3n) is 2.55. The van der Waals surface area contributed by atoms with E-state index in [9.17, 15) is 4.79 Å². The molecule has 0 radical (unpaired) electrons. The molecule has 0 aliphatic rings. The number of para-hydroxylation sites is 1. The van der Waals surface area contributed by atoms with E-state index in [0.29, 0.717) is 13.1 Å². The standard InChI is InChI=1S/C13H20N2O2/c1-4-14-9-13(16)15(2)10-11-7-5-6-8-12(11)17-3/h5-8,14H,4,9-10H2,1-3H3. The number of likely N-dealkylation sites (N-methyl/N-ethyl adjacent to an activating group) is 2. The molecule has 0 aliphatic heterocycles. The molecule has 4 nitrogen and oxygen atoms in total. The first kappa shape index (κ1) is 13.5. The fourth-order valence-electron chi connectivity index (χ4n) is 1.54. The van der Waals surface area contributed by atoms with Gasteiger partial charge in [0.2, 0.25) is 5.91 Å². The van der Waals surface area contributed by atoms with Crippen molar-refractivity contribution in [1.82, 2.24) is 10.2 Å². The quantitative estimate of drug-likeness (QED) is 0.808. The van der Waals surface area contributed by atoms with Crippen LogP contribution in [0.25, 0.3) is 0 Å². The maximum atomic E-state index is 11.7. The minimum absolute atomic E-state index is 0.0813. The van der Waals surface area contributed by atoms with E-state index in [0.717, 1.165) is 17.9 Å². The van der Waals surface area contributed by atoms with Crippen LogP contribution in [0.1, 0.15) is 12.5 Å². The van der Waals surface area contributed by atoms with Crippen molar-refractivity contribution < 1.29 is 9.53 Å². The number of benzene rings is 1. The van der Waals surface area contributed by atoms with Crippen LogP contribution in [0.4, 0.5) is 0 Å². The van der Waals surface area contributed by atoms with E-state index < -0.39 is 0 Å². The van der Waals surface area contributed by atoms with Crippen molar-refractivity contribution in [3.8, 4) is 5.75 Å². The number of rotatable bonds is 6. The van der Waals surface area contributed by atoms with Gasteiger partial charge in [-0.3, -0.25) is 4.79 Å². The lowest BCUT2D eigenvalue weighted by molar-refractivity contribution is -0.129. The molecule has 94 valence electrons. The molecular weight excluding hydrogens is 216 g/mol. The highest BCUT2D eigenvalue weighted by molar-refractivity contribution is 5.78. The number of ether oxygens (including phenoxy) is 1. The molecule has 1 aromatic carbocycles. The average molecular weight is 236 g/mol. The smallest absolute Gasteiger partial charge is 0.236 e. The number of hydrogen-bond donors (Lipinski definition) is 1. The fourth-order valence-corrected chi connectivity index (χ4v) is 1.54. The Morgan fingerprint density at radius 2 is 2.12 bits per heavy atom. The van der Waals surface area contributed by atoms with E-state index in [4.69, 9.17) is 4.74 Å². The summed E-state index contributed by atoms with van der Waals surface area (Å²) in [6, 6.07) is 7.73. The summed E-state index contributed by atoms with van der Waals surface area (Å²) in [5.41, 5.74) is 1.02. The topological polar surface area (TPSA) is 41.6 Å². The van der Waals surface area contributed by atoms with Crippen molar-refractivity contribution in [3.05, 3.63) is 29.8 Å². The Morgan fingerprint density at radius 3 is 2.76 bits per heavy atom. The molecule has 1 amide bonds. The van der Waals surface area contributed by atoms with Crippen LogP contribution in [0.15, 0.2) is 24.3 Å². The van der Waals surface area contributed by atoms with E-state index in [-0.39, 0.29) is 5.91 Å². The molecule has 0 spiro atoms. The Bertz CT molecular complexity index is 366. The van der Waals surface area contributed by atoms with Gasteiger partial charge in [0, 0.05) is 19.2 Å². The summed E-state index contributed by atoms with van der Waals surface area (Å²) in [5, 5.41) is 3.02. The number of nitrogens with one attached hydrogen (secondary N) is 1. The maximum absolute atomic E-state index is 11.7. The number of methoxy groups -OCH3 is 1. The van der Waals surface area contributed by atoms with Crippen LogP contribution in [-0.4, -0.2) is 38.1 Å². The van der Waals surface area contributed by atoms with Gasteiger partial charge < -0.3 is 15.0 Å². The van der Waals surface area contributed by atoms with Gasteiger partial charge in [0.15, 0.2) is 0 Å². The lowest BCUT2D eigenvalue weighted by atomic mass is 10.2. The Kier molecular flexibility index (Phi) is 5.49. The van der Waals surface area contributed by atoms with Gasteiger partial charge in [-0.15, -0.1) is 0 Å². The van der Waals surface area contributed by atoms with Crippen molar-refractivity contribution in [3.63, 3.8) is 0 Å². The first-order valence-electron chi connectivity index (χ1n) is 5.75. The Hall–Kier alpha value is -1.55. The van der Waals surface area contributed by atoms with Crippen molar-refractivity contribution in [2.24, 2.45) is 0 Å². The summed E-state index contributed by atoms with van der Waals surface area (Å²) >= 11 is 0. The molecule has 0 fully saturated rings. The van der Waals surface area contributed by atoms with Gasteiger partial charge in [-0.05, 0) is 12.6 Å². The van der Waals surface area contributed by atoms with Crippen LogP contribution in [0.3, 0.4) is 0 Å². The van der Waals surface area contributed by atoms with Crippen LogP contribution in [-0.2, 0) is 11.3 Å². The fraction of sp³-hybridized carbons (Fsp3) is 0.462. The van der Waals surface area contributed by atoms with E-state index in [2.05, 4.69) is 5.32 Å². The molecule has 1 rings (SSSR count). The number of amides is 1. The molecule has 4 heteroatoms. The first-order chi connectivity index (χ1) is 8.19. The number of carbonyl (C=O) groups excluding carboxylic acids is 1. The summed E-state index contributed by atoms with van der Waals surface area (Å²) in [5.74, 6) is 0.897. The zero-order valence-electron chi connectivity index (χ0n) is 10.7. The van der Waals surface area contributed by atoms with Crippen molar-refractivity contribution in [2.45, 2.75) is 13.5 Å². The summed E-state index contributed by atoms with van der Waals surface area (Å²) in [7, 11) is 3.44. The minimum Gasteiger partial charge on any atom is -0.496 e. The molecule has 0 heterocycles. The third-order valence-corrected chi connectivity index (χ3v) is 2.55. The minimum atomic E-state index is 0.0813. The van der Waals surface area contributed by atoms with E-state index in [1.54, 1.807) is 19.1 Å². The van der Waals surface area contributed by atoms with Gasteiger partial charge in [-0.2, -0.15) is 0 Å². The van der Waals surface area contributed by atoms with Gasteiger partial charge in [0.05, 0.1) is 13.7 Å². The van der Waals surface area contributed by atoms with Crippen LogP contribution in [0, 0.1) is 0 Å². The van der Waals surface area contributed by atoms with Gasteiger partial charge in [-0.1, -0.05) is 25.1 Å². The molecule has 0 unspecified atom stereocenters. The van der Waals surface area contributed by atoms with Crippen LogP contribution < -0.4 is 10.1 Å². The maximum Gasteiger partial charge on any atom is 0.236 e. The molecule has 0 saturated heterocycles. The van der Waals surface area contributed by atoms with E-state index in [1.807, 2.05) is 31.2 Å². The van der Waals surface area contributed by atoms with Crippen LogP contribution >= 0.6 is 0 Å². The van der Waals surface area contributed by atoms with Crippen molar-refractivity contribution in [2.75, 3.05) is 27.2 Å². The van der Waals surface area contributed by atoms with Crippen LogP contribution in [0.2, 0.25) is 0 Å². The number of nitrogens with zero attached hydrogens (tertiary/aromatic N) is 1. The predicted molar refractivity (Wildman–Crippen MR) is 68.0 cm³/mol. The molecule has 1 aromatic rings. The lowest BCUT2D eigenvalue weighted by Gasteiger charge is -2.18. The highest BCUT2D eigenvalue weighted by Gasteiger charge is 2.10. The van der Waals surface area contributed by atoms with Crippen molar-refractivity contribution >= 4 is 5.91 Å². The number of hydrogen-bond acceptors (Lipinski definition) is 3. The van der Waals surface area contributed by atoms with Crippen LogP contribution in [0.5, 0.6) is 5.75 Å². The van der Waals surface area contributed by atoms with Gasteiger partial charge in [0.1, 0.15) is 5.75 Å². The summed E-state index contributed by atoms with van der Waals surface area (Å²) in [4.78, 5) is 13.4. The summed E-state index contributed by atoms with van der Waals surface area (Å²) in [6.45, 7) is 3.72. The zero-order chi connectivity index (χ0) is 12.7. The van der Waals surface area contributed by atoms with Crippen molar-refractivity contribution in [1.29, 1.82) is 0 Å². The summed E-state index contributed by atoms with van der Waals surface area (Å²) < 4.78 is 5.25. The second kappa shape index (κ2) is 6.91. The first-order valence-corrected chi connectivity index (χ1v) is 5.75. The Labute approximate surface area is 103 Å². The number of carbonyl (C=O) groups is 1. The Morgan fingerprint density at radius 1 is 1.41 bits per heavy atom. The highest BCUT2D eigenvalue weighted by Crippen LogP contribution is 2.18. The molecular formula is C13H20N2O2. The monoisotopic (exact) mass is 236 g/mol. The largest absolute Gasteiger partial charge is 0.496 e. The van der Waals surface area contributed by atoms with E-state index in [1.165, 1.54) is 0 Å². The SMILES string of the molecule is CCNCC(=O)N(C)Cc1ccccc1OC. The molecule has 0 atom stereocenters.